The molecule has 0 aromatic heterocycles. The molecule has 1 saturated carbocycles. The number of hydrogen-bond acceptors (Lipinski definition) is 1. The Morgan fingerprint density at radius 2 is 1.70 bits per heavy atom. The van der Waals surface area contributed by atoms with E-state index >= 15 is 0 Å². The molecule has 0 spiro atoms. The van der Waals surface area contributed by atoms with Crippen LogP contribution in [0.1, 0.15) is 32.1 Å². The van der Waals surface area contributed by atoms with E-state index in [0.717, 1.165) is 0 Å². The second-order valence-corrected chi connectivity index (χ2v) is 3.14. The average molecular weight is 231 g/mol. The summed E-state index contributed by atoms with van der Waals surface area (Å²) in [5.74, 6) is 0.453. The zero-order valence-electron chi connectivity index (χ0n) is 6.10. The molecular weight excluding hydrogens is 219 g/mol. The van der Waals surface area contributed by atoms with Gasteiger partial charge in [-0.05, 0) is 18.8 Å². The largest absolute Gasteiger partial charge is 0.693 e. The van der Waals surface area contributed by atoms with Crippen LogP contribution in [-0.2, 0) is 32.7 Å². The molecular formula is C7H12NSY-. The molecule has 0 aromatic rings. The molecule has 10 heavy (non-hydrogen) atoms. The van der Waals surface area contributed by atoms with Crippen LogP contribution in [0, 0.1) is 5.92 Å². The zero-order valence-corrected chi connectivity index (χ0v) is 9.75. The third kappa shape index (κ3) is 3.40. The molecule has 3 heteroatoms. The fourth-order valence-corrected chi connectivity index (χ4v) is 1.60. The van der Waals surface area contributed by atoms with Gasteiger partial charge in [-0.3, -0.25) is 0 Å². The summed E-state index contributed by atoms with van der Waals surface area (Å²) in [4.78, 5) is 0.481. The minimum Gasteiger partial charge on any atom is -0.693 e. The normalized spacial score (nSPS) is 19.6. The Balaban J connectivity index is 0.000000810. The zero-order chi connectivity index (χ0) is 6.69. The Morgan fingerprint density at radius 1 is 1.20 bits per heavy atom. The van der Waals surface area contributed by atoms with Gasteiger partial charge in [-0.15, -0.1) is 12.2 Å². The van der Waals surface area contributed by atoms with Crippen LogP contribution in [0.2, 0.25) is 0 Å². The fraction of sp³-hybridized carbons (Fsp3) is 0.857. The van der Waals surface area contributed by atoms with E-state index in [2.05, 4.69) is 0 Å². The van der Waals surface area contributed by atoms with Crippen molar-refractivity contribution in [3.05, 3.63) is 5.73 Å². The maximum absolute atomic E-state index is 7.20. The van der Waals surface area contributed by atoms with E-state index in [9.17, 15) is 0 Å². The molecule has 0 unspecified atom stereocenters. The Hall–Kier alpha value is 0.994. The van der Waals surface area contributed by atoms with Crippen molar-refractivity contribution in [3.8, 4) is 0 Å². The van der Waals surface area contributed by atoms with Gasteiger partial charge in [0, 0.05) is 32.7 Å². The van der Waals surface area contributed by atoms with Crippen LogP contribution < -0.4 is 0 Å². The predicted molar refractivity (Wildman–Crippen MR) is 43.5 cm³/mol. The van der Waals surface area contributed by atoms with Crippen LogP contribution in [0.4, 0.5) is 0 Å². The first-order valence-electron chi connectivity index (χ1n) is 3.56. The van der Waals surface area contributed by atoms with Crippen molar-refractivity contribution < 1.29 is 32.7 Å². The Morgan fingerprint density at radius 3 is 2.00 bits per heavy atom. The summed E-state index contributed by atoms with van der Waals surface area (Å²) in [5.41, 5.74) is 7.20. The SMILES string of the molecule is [NH-]C(=S)C1CCCCC1.[Y]. The first-order chi connectivity index (χ1) is 4.30. The molecule has 1 aliphatic rings. The molecule has 0 saturated heterocycles. The number of thiocarbonyl (C=S) groups is 1. The topological polar surface area (TPSA) is 23.8 Å². The van der Waals surface area contributed by atoms with E-state index in [1.807, 2.05) is 0 Å². The third-order valence-electron chi connectivity index (χ3n) is 1.98. The molecule has 1 rings (SSSR count). The first-order valence-corrected chi connectivity index (χ1v) is 3.97. The molecule has 0 aliphatic heterocycles. The van der Waals surface area contributed by atoms with Gasteiger partial charge in [0.25, 0.3) is 0 Å². The summed E-state index contributed by atoms with van der Waals surface area (Å²) in [5, 5.41) is 0. The van der Waals surface area contributed by atoms with Crippen LogP contribution in [-0.4, -0.2) is 4.99 Å². The van der Waals surface area contributed by atoms with Gasteiger partial charge in [0.2, 0.25) is 0 Å². The van der Waals surface area contributed by atoms with E-state index < -0.39 is 0 Å². The molecule has 0 amide bonds. The van der Waals surface area contributed by atoms with Gasteiger partial charge in [-0.1, -0.05) is 24.3 Å². The monoisotopic (exact) mass is 231 g/mol. The van der Waals surface area contributed by atoms with Gasteiger partial charge in [0.15, 0.2) is 0 Å². The smallest absolute Gasteiger partial charge is 0 e. The van der Waals surface area contributed by atoms with Crippen molar-refractivity contribution >= 4 is 17.2 Å². The first kappa shape index (κ1) is 11.0. The van der Waals surface area contributed by atoms with Crippen LogP contribution in [0.15, 0.2) is 0 Å². The Kier molecular flexibility index (Phi) is 6.18. The number of nitrogens with one attached hydrogen (secondary N) is 1. The van der Waals surface area contributed by atoms with Gasteiger partial charge < -0.3 is 5.73 Å². The van der Waals surface area contributed by atoms with Crippen molar-refractivity contribution in [2.24, 2.45) is 5.92 Å². The minimum absolute atomic E-state index is 0. The van der Waals surface area contributed by atoms with Crippen molar-refractivity contribution in [3.63, 3.8) is 0 Å². The summed E-state index contributed by atoms with van der Waals surface area (Å²) in [7, 11) is 0. The summed E-state index contributed by atoms with van der Waals surface area (Å²) in [6, 6.07) is 0. The van der Waals surface area contributed by atoms with Gasteiger partial charge in [-0.2, -0.15) is 0 Å². The second kappa shape index (κ2) is 5.62. The van der Waals surface area contributed by atoms with Gasteiger partial charge >= 0.3 is 0 Å². The molecule has 1 N–H and O–H groups in total. The standard InChI is InChI=1S/C7H13NS.Y/c8-7(9)6-4-2-1-3-5-6;/h6H,1-5H2,(H2,8,9);/p-1. The molecule has 1 aliphatic carbocycles. The number of rotatable bonds is 1. The minimum atomic E-state index is 0. The van der Waals surface area contributed by atoms with Crippen molar-refractivity contribution in [2.45, 2.75) is 32.1 Å². The van der Waals surface area contributed by atoms with Gasteiger partial charge in [0.05, 0.1) is 0 Å². The van der Waals surface area contributed by atoms with E-state index in [1.165, 1.54) is 32.1 Å². The van der Waals surface area contributed by atoms with Crippen LogP contribution in [0.25, 0.3) is 5.73 Å². The van der Waals surface area contributed by atoms with Crippen LogP contribution in [0.3, 0.4) is 0 Å². The van der Waals surface area contributed by atoms with Crippen molar-refractivity contribution in [1.82, 2.24) is 0 Å². The van der Waals surface area contributed by atoms with E-state index in [4.69, 9.17) is 18.0 Å². The molecule has 1 fully saturated rings. The molecule has 1 radical (unpaired) electrons. The summed E-state index contributed by atoms with van der Waals surface area (Å²) < 4.78 is 0. The fourth-order valence-electron chi connectivity index (χ4n) is 1.36. The predicted octanol–water partition coefficient (Wildman–Crippen LogP) is 2.94. The Bertz CT molecular complexity index is 110. The van der Waals surface area contributed by atoms with Crippen molar-refractivity contribution in [2.75, 3.05) is 0 Å². The summed E-state index contributed by atoms with van der Waals surface area (Å²) in [6.07, 6.45) is 6.25. The molecule has 55 valence electrons. The maximum atomic E-state index is 7.20. The third-order valence-corrected chi connectivity index (χ3v) is 2.31. The van der Waals surface area contributed by atoms with Crippen LogP contribution >= 0.6 is 12.2 Å². The van der Waals surface area contributed by atoms with Gasteiger partial charge in [-0.25, -0.2) is 0 Å². The molecule has 0 atom stereocenters. The van der Waals surface area contributed by atoms with Gasteiger partial charge in [0.1, 0.15) is 0 Å². The molecule has 0 aromatic carbocycles. The average Bonchev–Trinajstić information content (AvgIpc) is 1.90. The van der Waals surface area contributed by atoms with Crippen LogP contribution in [0.5, 0.6) is 0 Å². The molecule has 0 bridgehead atoms. The van der Waals surface area contributed by atoms with Crippen molar-refractivity contribution in [1.29, 1.82) is 0 Å². The number of hydrogen-bond donors (Lipinski definition) is 0. The quantitative estimate of drug-likeness (QED) is 0.636. The summed E-state index contributed by atoms with van der Waals surface area (Å²) in [6.45, 7) is 0. The summed E-state index contributed by atoms with van der Waals surface area (Å²) >= 11 is 4.78. The molecule has 0 heterocycles. The van der Waals surface area contributed by atoms with E-state index in [0.29, 0.717) is 10.9 Å². The Labute approximate surface area is 93.0 Å². The van der Waals surface area contributed by atoms with E-state index in [1.54, 1.807) is 0 Å². The van der Waals surface area contributed by atoms with E-state index in [-0.39, 0.29) is 32.7 Å². The molecule has 1 nitrogen and oxygen atoms in total. The second-order valence-electron chi connectivity index (χ2n) is 2.70. The maximum Gasteiger partial charge on any atom is 0 e.